The number of imide groups is 1. The first-order valence-electron chi connectivity index (χ1n) is 6.03. The molecule has 0 radical (unpaired) electrons. The Kier molecular flexibility index (Phi) is 3.60. The number of hydrogen-bond acceptors (Lipinski definition) is 3. The highest BCUT2D eigenvalue weighted by Gasteiger charge is 2.47. The third kappa shape index (κ3) is 2.20. The van der Waals surface area contributed by atoms with Gasteiger partial charge < -0.3 is 5.32 Å². The van der Waals surface area contributed by atoms with Crippen LogP contribution in [0.5, 0.6) is 0 Å². The number of likely N-dealkylation sites (tertiary alicyclic amines) is 1. The van der Waals surface area contributed by atoms with Gasteiger partial charge in [0.15, 0.2) is 0 Å². The van der Waals surface area contributed by atoms with E-state index in [1.807, 2.05) is 12.2 Å². The summed E-state index contributed by atoms with van der Waals surface area (Å²) in [6.07, 6.45) is 6.59. The number of fused-ring (bicyclic) bond motifs is 1. The summed E-state index contributed by atoms with van der Waals surface area (Å²) in [5, 5.41) is 2.56. The lowest BCUT2D eigenvalue weighted by Crippen LogP contribution is -2.41. The molecule has 0 aromatic carbocycles. The molecule has 18 heavy (non-hydrogen) atoms. The van der Waals surface area contributed by atoms with E-state index in [-0.39, 0.29) is 36.1 Å². The van der Waals surface area contributed by atoms with Crippen LogP contribution < -0.4 is 5.32 Å². The van der Waals surface area contributed by atoms with Gasteiger partial charge >= 0.3 is 0 Å². The molecule has 5 nitrogen and oxygen atoms in total. The van der Waals surface area contributed by atoms with Crippen molar-refractivity contribution in [3.63, 3.8) is 0 Å². The fourth-order valence-electron chi connectivity index (χ4n) is 2.41. The Balaban J connectivity index is 2.02. The van der Waals surface area contributed by atoms with Crippen LogP contribution in [0.3, 0.4) is 0 Å². The Morgan fingerprint density at radius 2 is 1.89 bits per heavy atom. The molecule has 2 atom stereocenters. The second kappa shape index (κ2) is 5.16. The highest BCUT2D eigenvalue weighted by atomic mass is 16.2. The van der Waals surface area contributed by atoms with E-state index in [0.717, 1.165) is 4.90 Å². The van der Waals surface area contributed by atoms with Gasteiger partial charge in [0.1, 0.15) is 6.54 Å². The summed E-state index contributed by atoms with van der Waals surface area (Å²) in [6, 6.07) is 0. The average molecular weight is 248 g/mol. The van der Waals surface area contributed by atoms with Crippen molar-refractivity contribution < 1.29 is 14.4 Å². The molecule has 5 heteroatoms. The minimum absolute atomic E-state index is 0.182. The highest BCUT2D eigenvalue weighted by molar-refractivity contribution is 6.07. The molecule has 1 saturated heterocycles. The third-order valence-electron chi connectivity index (χ3n) is 3.34. The predicted octanol–water partition coefficient (Wildman–Crippen LogP) is 0.240. The molecule has 0 aromatic heterocycles. The highest BCUT2D eigenvalue weighted by Crippen LogP contribution is 2.34. The zero-order chi connectivity index (χ0) is 13.1. The lowest BCUT2D eigenvalue weighted by molar-refractivity contribution is -0.143. The Labute approximate surface area is 106 Å². The number of rotatable bonds is 4. The van der Waals surface area contributed by atoms with Gasteiger partial charge in [-0.15, -0.1) is 6.58 Å². The van der Waals surface area contributed by atoms with E-state index in [0.29, 0.717) is 19.4 Å². The molecule has 1 aliphatic heterocycles. The molecule has 0 aromatic rings. The van der Waals surface area contributed by atoms with E-state index in [1.54, 1.807) is 6.08 Å². The van der Waals surface area contributed by atoms with Crippen molar-refractivity contribution in [2.24, 2.45) is 11.8 Å². The minimum Gasteiger partial charge on any atom is -0.351 e. The largest absolute Gasteiger partial charge is 0.351 e. The first kappa shape index (κ1) is 12.5. The zero-order valence-corrected chi connectivity index (χ0v) is 10.1. The summed E-state index contributed by atoms with van der Waals surface area (Å²) in [5.74, 6) is -1.31. The van der Waals surface area contributed by atoms with Crippen molar-refractivity contribution in [2.45, 2.75) is 12.8 Å². The summed E-state index contributed by atoms with van der Waals surface area (Å²) in [4.78, 5) is 36.7. The standard InChI is InChI=1S/C13H16N2O3/c1-2-7-14-11(16)8-15-12(17)9-5-3-4-6-10(9)13(15)18/h2-4,9-10H,1,5-8H2,(H,14,16). The molecule has 2 unspecified atom stereocenters. The number of allylic oxidation sites excluding steroid dienone is 2. The van der Waals surface area contributed by atoms with Gasteiger partial charge in [-0.05, 0) is 12.8 Å². The van der Waals surface area contributed by atoms with Crippen LogP contribution in [0.25, 0.3) is 0 Å². The predicted molar refractivity (Wildman–Crippen MR) is 65.3 cm³/mol. The second-order valence-corrected chi connectivity index (χ2v) is 4.51. The topological polar surface area (TPSA) is 66.5 Å². The molecule has 2 rings (SSSR count). The van der Waals surface area contributed by atoms with Crippen LogP contribution >= 0.6 is 0 Å². The van der Waals surface area contributed by atoms with Crippen molar-refractivity contribution in [1.82, 2.24) is 10.2 Å². The molecule has 1 aliphatic carbocycles. The van der Waals surface area contributed by atoms with Crippen molar-refractivity contribution in [2.75, 3.05) is 13.1 Å². The average Bonchev–Trinajstić information content (AvgIpc) is 2.62. The fourth-order valence-corrected chi connectivity index (χ4v) is 2.41. The number of carbonyl (C=O) groups is 3. The second-order valence-electron chi connectivity index (χ2n) is 4.51. The van der Waals surface area contributed by atoms with Crippen LogP contribution in [0, 0.1) is 11.8 Å². The molecule has 0 bridgehead atoms. The van der Waals surface area contributed by atoms with Crippen LogP contribution in [-0.4, -0.2) is 35.7 Å². The van der Waals surface area contributed by atoms with Crippen molar-refractivity contribution >= 4 is 17.7 Å². The molecule has 1 heterocycles. The molecule has 0 spiro atoms. The summed E-state index contributed by atoms with van der Waals surface area (Å²) >= 11 is 0. The maximum absolute atomic E-state index is 12.0. The summed E-state index contributed by atoms with van der Waals surface area (Å²) in [7, 11) is 0. The van der Waals surface area contributed by atoms with Crippen LogP contribution in [0.1, 0.15) is 12.8 Å². The first-order valence-corrected chi connectivity index (χ1v) is 6.03. The van der Waals surface area contributed by atoms with Gasteiger partial charge in [-0.3, -0.25) is 19.3 Å². The Bertz CT molecular complexity index is 402. The summed E-state index contributed by atoms with van der Waals surface area (Å²) < 4.78 is 0. The Hall–Kier alpha value is -1.91. The quantitative estimate of drug-likeness (QED) is 0.572. The van der Waals surface area contributed by atoms with Crippen molar-refractivity contribution in [3.8, 4) is 0 Å². The van der Waals surface area contributed by atoms with E-state index >= 15 is 0 Å². The number of amides is 3. The van der Waals surface area contributed by atoms with E-state index in [9.17, 15) is 14.4 Å². The number of hydrogen-bond donors (Lipinski definition) is 1. The van der Waals surface area contributed by atoms with Gasteiger partial charge in [0.2, 0.25) is 17.7 Å². The van der Waals surface area contributed by atoms with Gasteiger partial charge in [-0.2, -0.15) is 0 Å². The smallest absolute Gasteiger partial charge is 0.240 e. The SMILES string of the molecule is C=CCNC(=O)CN1C(=O)C2CC=CCC2C1=O. The molecule has 1 N–H and O–H groups in total. The van der Waals surface area contributed by atoms with E-state index in [1.165, 1.54) is 0 Å². The first-order chi connectivity index (χ1) is 8.65. The molecule has 3 amide bonds. The van der Waals surface area contributed by atoms with Crippen LogP contribution in [0.2, 0.25) is 0 Å². The van der Waals surface area contributed by atoms with Gasteiger partial charge in [0.25, 0.3) is 0 Å². The Morgan fingerprint density at radius 1 is 1.33 bits per heavy atom. The minimum atomic E-state index is -0.330. The van der Waals surface area contributed by atoms with E-state index < -0.39 is 0 Å². The summed E-state index contributed by atoms with van der Waals surface area (Å²) in [6.45, 7) is 3.64. The normalized spacial score (nSPS) is 26.1. The van der Waals surface area contributed by atoms with Gasteiger partial charge in [-0.1, -0.05) is 18.2 Å². The lowest BCUT2D eigenvalue weighted by atomic mass is 9.85. The molecular weight excluding hydrogens is 232 g/mol. The van der Waals surface area contributed by atoms with Gasteiger partial charge in [0, 0.05) is 6.54 Å². The van der Waals surface area contributed by atoms with Gasteiger partial charge in [0.05, 0.1) is 11.8 Å². The third-order valence-corrected chi connectivity index (χ3v) is 3.34. The molecule has 1 fully saturated rings. The van der Waals surface area contributed by atoms with Gasteiger partial charge in [-0.25, -0.2) is 0 Å². The van der Waals surface area contributed by atoms with E-state index in [4.69, 9.17) is 0 Å². The summed E-state index contributed by atoms with van der Waals surface area (Å²) in [5.41, 5.74) is 0. The van der Waals surface area contributed by atoms with Crippen molar-refractivity contribution in [1.29, 1.82) is 0 Å². The number of nitrogens with one attached hydrogen (secondary N) is 1. The monoisotopic (exact) mass is 248 g/mol. The Morgan fingerprint density at radius 3 is 2.39 bits per heavy atom. The van der Waals surface area contributed by atoms with E-state index in [2.05, 4.69) is 11.9 Å². The van der Waals surface area contributed by atoms with Crippen LogP contribution in [0.4, 0.5) is 0 Å². The molecule has 96 valence electrons. The van der Waals surface area contributed by atoms with Crippen LogP contribution in [-0.2, 0) is 14.4 Å². The number of nitrogens with zero attached hydrogens (tertiary/aromatic N) is 1. The zero-order valence-electron chi connectivity index (χ0n) is 10.1. The maximum Gasteiger partial charge on any atom is 0.240 e. The number of carbonyl (C=O) groups excluding carboxylic acids is 3. The molecule has 2 aliphatic rings. The fraction of sp³-hybridized carbons (Fsp3) is 0.462. The lowest BCUT2D eigenvalue weighted by Gasteiger charge is -2.14. The maximum atomic E-state index is 12.0. The molecular formula is C13H16N2O3. The van der Waals surface area contributed by atoms with Crippen molar-refractivity contribution in [3.05, 3.63) is 24.8 Å². The van der Waals surface area contributed by atoms with Crippen LogP contribution in [0.15, 0.2) is 24.8 Å². The molecule has 0 saturated carbocycles.